The zero-order valence-corrected chi connectivity index (χ0v) is 25.6. The minimum absolute atomic E-state index is 0.0293. The molecule has 2 amide bonds. The zero-order chi connectivity index (χ0) is 30.8. The average molecular weight is 620 g/mol. The van der Waals surface area contributed by atoms with Crippen LogP contribution in [0.25, 0.3) is 0 Å². The standard InChI is InChI=1S/C33H34ClN3O5S/c1-3-35-33(39)31(22-25-11-6-4-7-12-25)36(23-26-13-10-14-29(21-26)42-2)32(38)24-37(28-19-17-27(34)18-20-28)43(40,41)30-15-8-5-9-16-30/h4-21,31H,3,22-24H2,1-2H3,(H,35,39)/t31-/m0/s1. The lowest BCUT2D eigenvalue weighted by atomic mass is 10.0. The van der Waals surface area contributed by atoms with E-state index in [4.69, 9.17) is 16.3 Å². The summed E-state index contributed by atoms with van der Waals surface area (Å²) in [4.78, 5) is 29.4. The van der Waals surface area contributed by atoms with Crippen LogP contribution in [0.5, 0.6) is 5.75 Å². The maximum absolute atomic E-state index is 14.4. The van der Waals surface area contributed by atoms with Crippen molar-refractivity contribution in [2.45, 2.75) is 30.8 Å². The second-order valence-electron chi connectivity index (χ2n) is 9.77. The fourth-order valence-corrected chi connectivity index (χ4v) is 6.23. The molecule has 43 heavy (non-hydrogen) atoms. The number of rotatable bonds is 13. The van der Waals surface area contributed by atoms with Gasteiger partial charge in [0.1, 0.15) is 18.3 Å². The lowest BCUT2D eigenvalue weighted by Crippen LogP contribution is -2.53. The number of sulfonamides is 1. The molecule has 4 aromatic rings. The van der Waals surface area contributed by atoms with Gasteiger partial charge in [-0.05, 0) is 66.6 Å². The summed E-state index contributed by atoms with van der Waals surface area (Å²) in [5, 5.41) is 3.28. The number of ether oxygens (including phenoxy) is 1. The summed E-state index contributed by atoms with van der Waals surface area (Å²) in [6, 6.07) is 29.8. The highest BCUT2D eigenvalue weighted by Gasteiger charge is 2.34. The van der Waals surface area contributed by atoms with Gasteiger partial charge in [0, 0.05) is 24.5 Å². The van der Waals surface area contributed by atoms with Crippen molar-refractivity contribution in [1.29, 1.82) is 0 Å². The topological polar surface area (TPSA) is 96.0 Å². The van der Waals surface area contributed by atoms with E-state index in [1.165, 1.54) is 17.0 Å². The van der Waals surface area contributed by atoms with Crippen LogP contribution in [0.4, 0.5) is 5.69 Å². The number of nitrogens with zero attached hydrogens (tertiary/aromatic N) is 2. The number of hydrogen-bond acceptors (Lipinski definition) is 5. The van der Waals surface area contributed by atoms with E-state index in [1.807, 2.05) is 36.4 Å². The molecule has 0 spiro atoms. The molecule has 0 bridgehead atoms. The Morgan fingerprint density at radius 3 is 2.12 bits per heavy atom. The quantitative estimate of drug-likeness (QED) is 0.219. The van der Waals surface area contributed by atoms with Gasteiger partial charge in [0.2, 0.25) is 11.8 Å². The molecule has 0 radical (unpaired) electrons. The van der Waals surface area contributed by atoms with Gasteiger partial charge in [0.15, 0.2) is 0 Å². The van der Waals surface area contributed by atoms with E-state index >= 15 is 0 Å². The molecule has 0 saturated carbocycles. The maximum Gasteiger partial charge on any atom is 0.264 e. The Morgan fingerprint density at radius 1 is 0.860 bits per heavy atom. The van der Waals surface area contributed by atoms with Crippen molar-refractivity contribution in [3.05, 3.63) is 125 Å². The van der Waals surface area contributed by atoms with E-state index in [-0.39, 0.29) is 29.5 Å². The smallest absolute Gasteiger partial charge is 0.264 e. The van der Waals surface area contributed by atoms with E-state index in [1.54, 1.807) is 74.7 Å². The Bertz CT molecular complexity index is 1620. The van der Waals surface area contributed by atoms with Crippen molar-refractivity contribution < 1.29 is 22.7 Å². The summed E-state index contributed by atoms with van der Waals surface area (Å²) in [6.45, 7) is 1.67. The zero-order valence-electron chi connectivity index (χ0n) is 24.0. The van der Waals surface area contributed by atoms with Crippen LogP contribution in [0.15, 0.2) is 114 Å². The highest BCUT2D eigenvalue weighted by molar-refractivity contribution is 7.92. The minimum Gasteiger partial charge on any atom is -0.497 e. The van der Waals surface area contributed by atoms with Gasteiger partial charge >= 0.3 is 0 Å². The molecule has 0 saturated heterocycles. The summed E-state index contributed by atoms with van der Waals surface area (Å²) in [5.41, 5.74) is 1.84. The summed E-state index contributed by atoms with van der Waals surface area (Å²) in [6.07, 6.45) is 0.231. The largest absolute Gasteiger partial charge is 0.497 e. The highest BCUT2D eigenvalue weighted by atomic mass is 35.5. The van der Waals surface area contributed by atoms with Crippen molar-refractivity contribution in [3.63, 3.8) is 0 Å². The first-order chi connectivity index (χ1) is 20.7. The lowest BCUT2D eigenvalue weighted by Gasteiger charge is -2.34. The van der Waals surface area contributed by atoms with Crippen molar-refractivity contribution in [2.24, 2.45) is 0 Å². The molecule has 0 aliphatic rings. The number of likely N-dealkylation sites (N-methyl/N-ethyl adjacent to an activating group) is 1. The molecule has 1 atom stereocenters. The number of carbonyl (C=O) groups excluding carboxylic acids is 2. The molecule has 224 valence electrons. The monoisotopic (exact) mass is 619 g/mol. The van der Waals surface area contributed by atoms with E-state index in [9.17, 15) is 18.0 Å². The molecule has 0 unspecified atom stereocenters. The van der Waals surface area contributed by atoms with Crippen LogP contribution in [-0.4, -0.2) is 51.4 Å². The minimum atomic E-state index is -4.17. The number of anilines is 1. The molecule has 4 rings (SSSR count). The third kappa shape index (κ3) is 8.15. The van der Waals surface area contributed by atoms with Gasteiger partial charge in [-0.1, -0.05) is 72.3 Å². The van der Waals surface area contributed by atoms with Crippen LogP contribution in [-0.2, 0) is 32.6 Å². The Kier molecular flexibility index (Phi) is 10.8. The third-order valence-corrected chi connectivity index (χ3v) is 8.87. The fourth-order valence-electron chi connectivity index (χ4n) is 4.67. The first-order valence-electron chi connectivity index (χ1n) is 13.8. The Morgan fingerprint density at radius 2 is 1.49 bits per heavy atom. The second-order valence-corrected chi connectivity index (χ2v) is 12.1. The van der Waals surface area contributed by atoms with Gasteiger partial charge in [-0.15, -0.1) is 0 Å². The first kappa shape index (κ1) is 31.6. The van der Waals surface area contributed by atoms with Gasteiger partial charge in [0.05, 0.1) is 17.7 Å². The molecular weight excluding hydrogens is 586 g/mol. The molecule has 0 aromatic heterocycles. The Hall–Kier alpha value is -4.34. The van der Waals surface area contributed by atoms with Gasteiger partial charge in [-0.25, -0.2) is 8.42 Å². The predicted molar refractivity (Wildman–Crippen MR) is 169 cm³/mol. The SMILES string of the molecule is CCNC(=O)[C@H](Cc1ccccc1)N(Cc1cccc(OC)c1)C(=O)CN(c1ccc(Cl)cc1)S(=O)(=O)c1ccccc1. The predicted octanol–water partition coefficient (Wildman–Crippen LogP) is 5.32. The van der Waals surface area contributed by atoms with E-state index < -0.39 is 28.5 Å². The van der Waals surface area contributed by atoms with Crippen LogP contribution < -0.4 is 14.4 Å². The number of nitrogens with one attached hydrogen (secondary N) is 1. The Balaban J connectivity index is 1.79. The Labute approximate surface area is 257 Å². The number of amides is 2. The number of methoxy groups -OCH3 is 1. The average Bonchev–Trinajstić information content (AvgIpc) is 3.03. The number of halogens is 1. The van der Waals surface area contributed by atoms with Crippen molar-refractivity contribution >= 4 is 39.1 Å². The molecule has 10 heteroatoms. The lowest BCUT2D eigenvalue weighted by molar-refractivity contribution is -0.140. The van der Waals surface area contributed by atoms with E-state index in [0.29, 0.717) is 17.3 Å². The van der Waals surface area contributed by atoms with Crippen molar-refractivity contribution in [1.82, 2.24) is 10.2 Å². The molecule has 0 heterocycles. The van der Waals surface area contributed by atoms with Crippen LogP contribution in [0.2, 0.25) is 5.02 Å². The van der Waals surface area contributed by atoms with Crippen LogP contribution >= 0.6 is 11.6 Å². The second kappa shape index (κ2) is 14.7. The number of carbonyl (C=O) groups is 2. The highest BCUT2D eigenvalue weighted by Crippen LogP contribution is 2.26. The van der Waals surface area contributed by atoms with Gasteiger partial charge in [0.25, 0.3) is 10.0 Å². The molecule has 8 nitrogen and oxygen atoms in total. The molecule has 0 aliphatic heterocycles. The van der Waals surface area contributed by atoms with Crippen LogP contribution in [0.3, 0.4) is 0 Å². The molecule has 0 fully saturated rings. The summed E-state index contributed by atoms with van der Waals surface area (Å²) >= 11 is 6.10. The van der Waals surface area contributed by atoms with Gasteiger partial charge < -0.3 is 15.0 Å². The van der Waals surface area contributed by atoms with Gasteiger partial charge in [-0.2, -0.15) is 0 Å². The summed E-state index contributed by atoms with van der Waals surface area (Å²) < 4.78 is 34.3. The fraction of sp³-hybridized carbons (Fsp3) is 0.212. The van der Waals surface area contributed by atoms with Crippen LogP contribution in [0, 0.1) is 0 Å². The number of hydrogen-bond donors (Lipinski definition) is 1. The third-order valence-electron chi connectivity index (χ3n) is 6.83. The van der Waals surface area contributed by atoms with E-state index in [2.05, 4.69) is 5.32 Å². The number of benzene rings is 4. The van der Waals surface area contributed by atoms with Crippen molar-refractivity contribution in [2.75, 3.05) is 24.5 Å². The maximum atomic E-state index is 14.4. The van der Waals surface area contributed by atoms with Crippen molar-refractivity contribution in [3.8, 4) is 5.75 Å². The molecule has 0 aliphatic carbocycles. The summed E-state index contributed by atoms with van der Waals surface area (Å²) in [7, 11) is -2.62. The molecule has 1 N–H and O–H groups in total. The van der Waals surface area contributed by atoms with Crippen LogP contribution in [0.1, 0.15) is 18.1 Å². The summed E-state index contributed by atoms with van der Waals surface area (Å²) in [5.74, 6) is -0.298. The molecular formula is C33H34ClN3O5S. The first-order valence-corrected chi connectivity index (χ1v) is 15.6. The molecule has 4 aromatic carbocycles. The normalized spacial score (nSPS) is 11.8. The van der Waals surface area contributed by atoms with Gasteiger partial charge in [-0.3, -0.25) is 13.9 Å². The van der Waals surface area contributed by atoms with E-state index in [0.717, 1.165) is 15.4 Å².